The predicted octanol–water partition coefficient (Wildman–Crippen LogP) is 2.56. The first kappa shape index (κ1) is 12.7. The molecule has 1 saturated carbocycles. The van der Waals surface area contributed by atoms with E-state index in [1.165, 1.54) is 18.9 Å². The number of hydrogen-bond acceptors (Lipinski definition) is 4. The van der Waals surface area contributed by atoms with Crippen LogP contribution in [0.15, 0.2) is 30.3 Å². The van der Waals surface area contributed by atoms with Gasteiger partial charge in [0.2, 0.25) is 0 Å². The molecule has 1 aliphatic carbocycles. The summed E-state index contributed by atoms with van der Waals surface area (Å²) >= 11 is 0. The van der Waals surface area contributed by atoms with Crippen molar-refractivity contribution in [2.24, 2.45) is 0 Å². The fraction of sp³-hybridized carbons (Fsp3) is 0.375. The normalized spacial score (nSPS) is 17.1. The molecular weight excluding hydrogens is 267 g/mol. The van der Waals surface area contributed by atoms with Gasteiger partial charge < -0.3 is 10.2 Å². The van der Waals surface area contributed by atoms with E-state index in [0.717, 1.165) is 42.3 Å². The minimum absolute atomic E-state index is 0.209. The molecule has 108 valence electrons. The Morgan fingerprint density at radius 3 is 2.86 bits per heavy atom. The molecule has 1 aromatic carbocycles. The Balaban J connectivity index is 1.53. The van der Waals surface area contributed by atoms with Crippen molar-refractivity contribution in [3.8, 4) is 0 Å². The van der Waals surface area contributed by atoms with Crippen molar-refractivity contribution in [3.63, 3.8) is 0 Å². The largest absolute Gasteiger partial charge is 0.324 e. The zero-order valence-electron chi connectivity index (χ0n) is 11.7. The lowest BCUT2D eigenvalue weighted by Gasteiger charge is -2.17. The van der Waals surface area contributed by atoms with E-state index in [9.17, 15) is 4.39 Å². The van der Waals surface area contributed by atoms with Gasteiger partial charge in [0.25, 0.3) is 0 Å². The molecule has 2 aliphatic rings. The predicted molar refractivity (Wildman–Crippen MR) is 79.0 cm³/mol. The molecule has 21 heavy (non-hydrogen) atoms. The minimum atomic E-state index is -0.209. The van der Waals surface area contributed by atoms with Crippen molar-refractivity contribution in [1.82, 2.24) is 15.5 Å². The van der Waals surface area contributed by atoms with Crippen molar-refractivity contribution in [1.29, 1.82) is 0 Å². The maximum atomic E-state index is 13.4. The number of benzene rings is 1. The number of nitrogens with zero attached hydrogens (tertiary/aromatic N) is 3. The van der Waals surface area contributed by atoms with Crippen molar-refractivity contribution in [3.05, 3.63) is 47.4 Å². The standard InChI is InChI=1S/C16H17FN4/c17-12-2-1-11-7-8-21(15(11)9-12)16-6-5-14(19-20-16)10-18-13-3-4-13/h1-2,5-6,9,13,18H,3-4,7-8,10H2. The number of rotatable bonds is 4. The van der Waals surface area contributed by atoms with Crippen LogP contribution >= 0.6 is 0 Å². The van der Waals surface area contributed by atoms with Crippen molar-refractivity contribution < 1.29 is 4.39 Å². The molecule has 0 atom stereocenters. The van der Waals surface area contributed by atoms with Crippen LogP contribution in [0.5, 0.6) is 0 Å². The van der Waals surface area contributed by atoms with E-state index in [4.69, 9.17) is 0 Å². The van der Waals surface area contributed by atoms with Gasteiger partial charge in [-0.2, -0.15) is 5.10 Å². The summed E-state index contributed by atoms with van der Waals surface area (Å²) in [6, 6.07) is 9.57. The first-order valence-corrected chi connectivity index (χ1v) is 7.41. The lowest BCUT2D eigenvalue weighted by molar-refractivity contribution is 0.628. The van der Waals surface area contributed by atoms with E-state index in [-0.39, 0.29) is 5.82 Å². The van der Waals surface area contributed by atoms with E-state index < -0.39 is 0 Å². The zero-order valence-corrected chi connectivity index (χ0v) is 11.7. The Labute approximate surface area is 123 Å². The molecule has 0 saturated heterocycles. The average molecular weight is 284 g/mol. The molecular formula is C16H17FN4. The van der Waals surface area contributed by atoms with Gasteiger partial charge in [0.05, 0.1) is 5.69 Å². The van der Waals surface area contributed by atoms with Gasteiger partial charge in [0, 0.05) is 24.8 Å². The average Bonchev–Trinajstić information content (AvgIpc) is 3.25. The fourth-order valence-electron chi connectivity index (χ4n) is 2.72. The van der Waals surface area contributed by atoms with Crippen LogP contribution in [0.1, 0.15) is 24.1 Å². The topological polar surface area (TPSA) is 41.0 Å². The van der Waals surface area contributed by atoms with Gasteiger partial charge in [-0.3, -0.25) is 0 Å². The summed E-state index contributed by atoms with van der Waals surface area (Å²) in [5, 5.41) is 12.0. The van der Waals surface area contributed by atoms with Gasteiger partial charge in [0.15, 0.2) is 5.82 Å². The molecule has 2 aromatic rings. The maximum Gasteiger partial charge on any atom is 0.155 e. The molecule has 1 aromatic heterocycles. The lowest BCUT2D eigenvalue weighted by Crippen LogP contribution is -2.18. The minimum Gasteiger partial charge on any atom is -0.324 e. The smallest absolute Gasteiger partial charge is 0.155 e. The molecule has 4 nitrogen and oxygen atoms in total. The Bertz CT molecular complexity index is 652. The van der Waals surface area contributed by atoms with Gasteiger partial charge >= 0.3 is 0 Å². The number of anilines is 2. The molecule has 0 unspecified atom stereocenters. The quantitative estimate of drug-likeness (QED) is 0.937. The highest BCUT2D eigenvalue weighted by Gasteiger charge is 2.23. The molecule has 0 spiro atoms. The first-order chi connectivity index (χ1) is 10.3. The summed E-state index contributed by atoms with van der Waals surface area (Å²) in [6.07, 6.45) is 3.45. The van der Waals surface area contributed by atoms with Crippen LogP contribution in [0.3, 0.4) is 0 Å². The third-order valence-corrected chi connectivity index (χ3v) is 4.07. The molecule has 0 radical (unpaired) electrons. The Morgan fingerprint density at radius 1 is 1.19 bits per heavy atom. The Kier molecular flexibility index (Phi) is 3.07. The van der Waals surface area contributed by atoms with Crippen LogP contribution in [0.25, 0.3) is 0 Å². The third kappa shape index (κ3) is 2.61. The van der Waals surface area contributed by atoms with E-state index in [0.29, 0.717) is 6.04 Å². The van der Waals surface area contributed by atoms with Crippen molar-refractivity contribution in [2.75, 3.05) is 11.4 Å². The van der Waals surface area contributed by atoms with Crippen LogP contribution in [0.2, 0.25) is 0 Å². The Hall–Kier alpha value is -2.01. The second-order valence-electron chi connectivity index (χ2n) is 5.71. The first-order valence-electron chi connectivity index (χ1n) is 7.41. The zero-order chi connectivity index (χ0) is 14.2. The number of halogens is 1. The number of hydrogen-bond donors (Lipinski definition) is 1. The summed E-state index contributed by atoms with van der Waals surface area (Å²) in [7, 11) is 0. The van der Waals surface area contributed by atoms with E-state index >= 15 is 0 Å². The molecule has 1 N–H and O–H groups in total. The molecule has 2 heterocycles. The van der Waals surface area contributed by atoms with Crippen LogP contribution in [0, 0.1) is 5.82 Å². The molecule has 0 bridgehead atoms. The molecule has 0 amide bonds. The highest BCUT2D eigenvalue weighted by atomic mass is 19.1. The summed E-state index contributed by atoms with van der Waals surface area (Å²) in [6.45, 7) is 1.59. The van der Waals surface area contributed by atoms with Crippen molar-refractivity contribution in [2.45, 2.75) is 31.8 Å². The second-order valence-corrected chi connectivity index (χ2v) is 5.71. The molecule has 1 aliphatic heterocycles. The molecule has 4 rings (SSSR count). The van der Waals surface area contributed by atoms with Crippen LogP contribution < -0.4 is 10.2 Å². The highest BCUT2D eigenvalue weighted by molar-refractivity contribution is 5.67. The lowest BCUT2D eigenvalue weighted by atomic mass is 10.2. The molecule has 1 fully saturated rings. The van der Waals surface area contributed by atoms with Gasteiger partial charge in [-0.25, -0.2) is 4.39 Å². The summed E-state index contributed by atoms with van der Waals surface area (Å²) in [4.78, 5) is 2.03. The molecule has 5 heteroatoms. The van der Waals surface area contributed by atoms with E-state index in [1.807, 2.05) is 23.1 Å². The summed E-state index contributed by atoms with van der Waals surface area (Å²) < 4.78 is 13.4. The van der Waals surface area contributed by atoms with E-state index in [1.54, 1.807) is 6.07 Å². The Morgan fingerprint density at radius 2 is 2.10 bits per heavy atom. The second kappa shape index (κ2) is 5.07. The summed E-state index contributed by atoms with van der Waals surface area (Å²) in [5.74, 6) is 0.577. The monoisotopic (exact) mass is 284 g/mol. The summed E-state index contributed by atoms with van der Waals surface area (Å²) in [5.41, 5.74) is 3.02. The maximum absolute atomic E-state index is 13.4. The number of nitrogens with one attached hydrogen (secondary N) is 1. The number of aromatic nitrogens is 2. The number of fused-ring (bicyclic) bond motifs is 1. The third-order valence-electron chi connectivity index (χ3n) is 4.07. The van der Waals surface area contributed by atoms with Gasteiger partial charge in [-0.05, 0) is 49.1 Å². The fourth-order valence-corrected chi connectivity index (χ4v) is 2.72. The SMILES string of the molecule is Fc1ccc2c(c1)N(c1ccc(CNC3CC3)nn1)CC2. The van der Waals surface area contributed by atoms with E-state index in [2.05, 4.69) is 15.5 Å². The van der Waals surface area contributed by atoms with Crippen molar-refractivity contribution >= 4 is 11.5 Å². The van der Waals surface area contributed by atoms with Crippen LogP contribution in [-0.4, -0.2) is 22.8 Å². The van der Waals surface area contributed by atoms with Gasteiger partial charge in [0.1, 0.15) is 5.82 Å². The van der Waals surface area contributed by atoms with Gasteiger partial charge in [-0.1, -0.05) is 6.07 Å². The highest BCUT2D eigenvalue weighted by Crippen LogP contribution is 2.33. The van der Waals surface area contributed by atoms with Gasteiger partial charge in [-0.15, -0.1) is 5.10 Å². The van der Waals surface area contributed by atoms with Crippen LogP contribution in [-0.2, 0) is 13.0 Å². The van der Waals surface area contributed by atoms with Crippen LogP contribution in [0.4, 0.5) is 15.9 Å².